The van der Waals surface area contributed by atoms with E-state index in [4.69, 9.17) is 0 Å². The van der Waals surface area contributed by atoms with Crippen LogP contribution in [0.2, 0.25) is 0 Å². The second-order valence-corrected chi connectivity index (χ2v) is 6.60. The van der Waals surface area contributed by atoms with Crippen molar-refractivity contribution in [2.24, 2.45) is 0 Å². The van der Waals surface area contributed by atoms with Crippen molar-refractivity contribution in [2.75, 3.05) is 31.1 Å². The molecular formula is C19H20N6O3. The number of piperazine rings is 1. The van der Waals surface area contributed by atoms with Crippen molar-refractivity contribution in [3.63, 3.8) is 0 Å². The monoisotopic (exact) mass is 380 g/mol. The molecular weight excluding hydrogens is 360 g/mol. The normalized spacial score (nSPS) is 14.5. The number of rotatable bonds is 4. The van der Waals surface area contributed by atoms with Gasteiger partial charge >= 0.3 is 0 Å². The van der Waals surface area contributed by atoms with E-state index < -0.39 is 4.92 Å². The van der Waals surface area contributed by atoms with Gasteiger partial charge in [0.2, 0.25) is 0 Å². The SMILES string of the molecule is CCc1nc2ccccn2c1C(=O)N1CCN(c2ccc([N+](=O)[O-])cn2)CC1. The Morgan fingerprint density at radius 3 is 2.61 bits per heavy atom. The second-order valence-electron chi connectivity index (χ2n) is 6.60. The smallest absolute Gasteiger partial charge is 0.287 e. The van der Waals surface area contributed by atoms with Gasteiger partial charge in [0.25, 0.3) is 11.6 Å². The molecule has 0 N–H and O–H groups in total. The first kappa shape index (κ1) is 17.9. The Bertz CT molecular complexity index is 1020. The molecule has 0 spiro atoms. The molecule has 1 saturated heterocycles. The molecule has 0 saturated carbocycles. The van der Waals surface area contributed by atoms with Crippen LogP contribution in [0.15, 0.2) is 42.7 Å². The van der Waals surface area contributed by atoms with Gasteiger partial charge in [-0.05, 0) is 24.6 Å². The summed E-state index contributed by atoms with van der Waals surface area (Å²) in [5, 5.41) is 10.8. The van der Waals surface area contributed by atoms with E-state index in [9.17, 15) is 14.9 Å². The number of anilines is 1. The number of pyridine rings is 2. The van der Waals surface area contributed by atoms with Crippen molar-refractivity contribution in [1.29, 1.82) is 0 Å². The minimum Gasteiger partial charge on any atom is -0.353 e. The number of amides is 1. The number of carbonyl (C=O) groups excluding carboxylic acids is 1. The molecule has 144 valence electrons. The zero-order valence-electron chi connectivity index (χ0n) is 15.5. The largest absolute Gasteiger partial charge is 0.353 e. The number of hydrogen-bond donors (Lipinski definition) is 0. The third-order valence-corrected chi connectivity index (χ3v) is 4.97. The summed E-state index contributed by atoms with van der Waals surface area (Å²) in [6.07, 6.45) is 3.82. The average Bonchev–Trinajstić information content (AvgIpc) is 3.12. The Kier molecular flexibility index (Phi) is 4.64. The van der Waals surface area contributed by atoms with Gasteiger partial charge in [-0.1, -0.05) is 13.0 Å². The molecule has 0 aromatic carbocycles. The minimum atomic E-state index is -0.464. The van der Waals surface area contributed by atoms with Gasteiger partial charge in [-0.2, -0.15) is 0 Å². The lowest BCUT2D eigenvalue weighted by Crippen LogP contribution is -2.49. The van der Waals surface area contributed by atoms with E-state index in [1.54, 1.807) is 6.07 Å². The summed E-state index contributed by atoms with van der Waals surface area (Å²) in [5.41, 5.74) is 2.17. The molecule has 0 radical (unpaired) electrons. The molecule has 1 amide bonds. The fraction of sp³-hybridized carbons (Fsp3) is 0.316. The summed E-state index contributed by atoms with van der Waals surface area (Å²) in [6.45, 7) is 4.35. The van der Waals surface area contributed by atoms with Gasteiger partial charge in [0, 0.05) is 38.4 Å². The first-order chi connectivity index (χ1) is 13.6. The van der Waals surface area contributed by atoms with Crippen LogP contribution in [0.1, 0.15) is 23.1 Å². The summed E-state index contributed by atoms with van der Waals surface area (Å²) in [6, 6.07) is 8.80. The first-order valence-electron chi connectivity index (χ1n) is 9.19. The molecule has 4 rings (SSSR count). The lowest BCUT2D eigenvalue weighted by Gasteiger charge is -2.35. The van der Waals surface area contributed by atoms with Gasteiger partial charge < -0.3 is 9.80 Å². The molecule has 0 unspecified atom stereocenters. The Morgan fingerprint density at radius 1 is 1.18 bits per heavy atom. The molecule has 3 aromatic rings. The van der Waals surface area contributed by atoms with Crippen LogP contribution in [-0.2, 0) is 6.42 Å². The molecule has 3 aromatic heterocycles. The zero-order chi connectivity index (χ0) is 19.7. The molecule has 9 nitrogen and oxygen atoms in total. The van der Waals surface area contributed by atoms with E-state index in [0.29, 0.717) is 44.1 Å². The zero-order valence-corrected chi connectivity index (χ0v) is 15.5. The predicted molar refractivity (Wildman–Crippen MR) is 104 cm³/mol. The molecule has 9 heteroatoms. The number of hydrogen-bond acceptors (Lipinski definition) is 6. The van der Waals surface area contributed by atoms with Crippen molar-refractivity contribution in [2.45, 2.75) is 13.3 Å². The Balaban J connectivity index is 1.49. The van der Waals surface area contributed by atoms with Crippen LogP contribution in [0.4, 0.5) is 11.5 Å². The Hall–Kier alpha value is -3.49. The number of aryl methyl sites for hydroxylation is 1. The fourth-order valence-electron chi connectivity index (χ4n) is 3.48. The van der Waals surface area contributed by atoms with Crippen molar-refractivity contribution >= 4 is 23.1 Å². The maximum absolute atomic E-state index is 13.2. The molecule has 0 bridgehead atoms. The second kappa shape index (κ2) is 7.26. The predicted octanol–water partition coefficient (Wildman–Crippen LogP) is 2.16. The number of carbonyl (C=O) groups is 1. The van der Waals surface area contributed by atoms with Gasteiger partial charge in [-0.3, -0.25) is 19.3 Å². The quantitative estimate of drug-likeness (QED) is 0.508. The number of fused-ring (bicyclic) bond motifs is 1. The van der Waals surface area contributed by atoms with E-state index in [2.05, 4.69) is 9.97 Å². The van der Waals surface area contributed by atoms with Crippen LogP contribution in [0.5, 0.6) is 0 Å². The number of nitrogens with zero attached hydrogens (tertiary/aromatic N) is 6. The molecule has 0 aliphatic carbocycles. The summed E-state index contributed by atoms with van der Waals surface area (Å²) in [7, 11) is 0. The van der Waals surface area contributed by atoms with Crippen LogP contribution in [-0.4, -0.2) is 56.3 Å². The Labute approximate surface area is 161 Å². The lowest BCUT2D eigenvalue weighted by molar-refractivity contribution is -0.385. The van der Waals surface area contributed by atoms with Crippen LogP contribution >= 0.6 is 0 Å². The molecule has 4 heterocycles. The van der Waals surface area contributed by atoms with Crippen molar-refractivity contribution < 1.29 is 9.72 Å². The van der Waals surface area contributed by atoms with Gasteiger partial charge in [-0.15, -0.1) is 0 Å². The summed E-state index contributed by atoms with van der Waals surface area (Å²) in [4.78, 5) is 36.1. The Morgan fingerprint density at radius 2 is 1.96 bits per heavy atom. The van der Waals surface area contributed by atoms with Crippen LogP contribution < -0.4 is 4.90 Å². The molecule has 1 aliphatic heterocycles. The fourth-order valence-corrected chi connectivity index (χ4v) is 3.48. The third-order valence-electron chi connectivity index (χ3n) is 4.97. The average molecular weight is 380 g/mol. The summed E-state index contributed by atoms with van der Waals surface area (Å²) >= 11 is 0. The van der Waals surface area contributed by atoms with Gasteiger partial charge in [0.1, 0.15) is 23.4 Å². The standard InChI is InChI=1S/C19H20N6O3/c1-2-15-18(24-8-4-3-5-17(24)21-15)19(26)23-11-9-22(10-12-23)16-7-6-14(13-20-16)25(27)28/h3-8,13H,2,9-12H2,1H3. The number of nitro groups is 1. The highest BCUT2D eigenvalue weighted by Crippen LogP contribution is 2.20. The number of aromatic nitrogens is 3. The van der Waals surface area contributed by atoms with Crippen LogP contribution in [0, 0.1) is 10.1 Å². The van der Waals surface area contributed by atoms with Crippen LogP contribution in [0.25, 0.3) is 5.65 Å². The summed E-state index contributed by atoms with van der Waals surface area (Å²) in [5.74, 6) is 0.661. The highest BCUT2D eigenvalue weighted by molar-refractivity contribution is 5.95. The van der Waals surface area contributed by atoms with Gasteiger partial charge in [0.05, 0.1) is 10.6 Å². The first-order valence-corrected chi connectivity index (χ1v) is 9.19. The van der Waals surface area contributed by atoms with Gasteiger partial charge in [0.15, 0.2) is 0 Å². The highest BCUT2D eigenvalue weighted by atomic mass is 16.6. The van der Waals surface area contributed by atoms with Crippen molar-refractivity contribution in [3.8, 4) is 0 Å². The maximum Gasteiger partial charge on any atom is 0.287 e. The van der Waals surface area contributed by atoms with E-state index >= 15 is 0 Å². The summed E-state index contributed by atoms with van der Waals surface area (Å²) < 4.78 is 1.85. The third kappa shape index (κ3) is 3.15. The molecule has 28 heavy (non-hydrogen) atoms. The lowest BCUT2D eigenvalue weighted by atomic mass is 10.2. The van der Waals surface area contributed by atoms with E-state index in [0.717, 1.165) is 11.3 Å². The van der Waals surface area contributed by atoms with E-state index in [1.807, 2.05) is 45.5 Å². The van der Waals surface area contributed by atoms with Crippen molar-refractivity contribution in [1.82, 2.24) is 19.3 Å². The highest BCUT2D eigenvalue weighted by Gasteiger charge is 2.27. The topological polar surface area (TPSA) is 96.9 Å². The van der Waals surface area contributed by atoms with E-state index in [-0.39, 0.29) is 11.6 Å². The van der Waals surface area contributed by atoms with Gasteiger partial charge in [-0.25, -0.2) is 9.97 Å². The molecule has 1 fully saturated rings. The maximum atomic E-state index is 13.2. The molecule has 0 atom stereocenters. The molecule has 1 aliphatic rings. The number of imidazole rings is 1. The van der Waals surface area contributed by atoms with Crippen molar-refractivity contribution in [3.05, 3.63) is 64.2 Å². The van der Waals surface area contributed by atoms with E-state index in [1.165, 1.54) is 12.3 Å². The minimum absolute atomic E-state index is 0.0214. The van der Waals surface area contributed by atoms with Crippen LogP contribution in [0.3, 0.4) is 0 Å².